The lowest BCUT2D eigenvalue weighted by atomic mass is 10.1. The molecule has 5 heteroatoms. The van der Waals surface area contributed by atoms with Gasteiger partial charge < -0.3 is 10.2 Å². The van der Waals surface area contributed by atoms with Gasteiger partial charge in [0.05, 0.1) is 11.3 Å². The highest BCUT2D eigenvalue weighted by Crippen LogP contribution is 2.21. The molecule has 96 valence electrons. The second kappa shape index (κ2) is 6.41. The Bertz CT molecular complexity index is 482. The molecular weight excluding hydrogens is 294 g/mol. The number of benzene rings is 1. The van der Waals surface area contributed by atoms with Crippen LogP contribution >= 0.6 is 15.9 Å². The van der Waals surface area contributed by atoms with Gasteiger partial charge in [0.15, 0.2) is 0 Å². The van der Waals surface area contributed by atoms with Crippen molar-refractivity contribution in [3.8, 4) is 6.07 Å². The van der Waals surface area contributed by atoms with E-state index in [4.69, 9.17) is 5.26 Å². The molecule has 0 aromatic heterocycles. The van der Waals surface area contributed by atoms with Crippen LogP contribution in [-0.4, -0.2) is 30.4 Å². The molecule has 0 saturated heterocycles. The van der Waals surface area contributed by atoms with Gasteiger partial charge in [0.2, 0.25) is 5.91 Å². The van der Waals surface area contributed by atoms with E-state index in [1.807, 2.05) is 6.92 Å². The average molecular weight is 310 g/mol. The summed E-state index contributed by atoms with van der Waals surface area (Å²) in [4.78, 5) is 13.6. The number of amides is 1. The van der Waals surface area contributed by atoms with E-state index in [0.717, 1.165) is 4.47 Å². The van der Waals surface area contributed by atoms with Crippen molar-refractivity contribution in [2.75, 3.05) is 18.9 Å². The number of nitrogens with one attached hydrogen (secondary N) is 1. The lowest BCUT2D eigenvalue weighted by Crippen LogP contribution is -2.38. The van der Waals surface area contributed by atoms with Crippen LogP contribution in [0.4, 0.5) is 5.69 Å². The van der Waals surface area contributed by atoms with Crippen LogP contribution in [0.1, 0.15) is 19.4 Å². The van der Waals surface area contributed by atoms with E-state index in [-0.39, 0.29) is 11.9 Å². The highest BCUT2D eigenvalue weighted by atomic mass is 79.9. The molecule has 0 aliphatic rings. The molecule has 0 radical (unpaired) electrons. The summed E-state index contributed by atoms with van der Waals surface area (Å²) in [5, 5.41) is 12.1. The normalized spacial score (nSPS) is 11.5. The van der Waals surface area contributed by atoms with Gasteiger partial charge in [-0.3, -0.25) is 4.79 Å². The lowest BCUT2D eigenvalue weighted by Gasteiger charge is -2.21. The predicted octanol–water partition coefficient (Wildman–Crippen LogP) is 2.60. The van der Waals surface area contributed by atoms with E-state index in [1.165, 1.54) is 0 Å². The molecule has 0 saturated carbocycles. The van der Waals surface area contributed by atoms with E-state index in [0.29, 0.717) is 17.8 Å². The molecule has 1 atom stereocenters. The number of nitriles is 1. The summed E-state index contributed by atoms with van der Waals surface area (Å²) in [6, 6.07) is 7.05. The number of carbonyl (C=O) groups is 1. The van der Waals surface area contributed by atoms with Gasteiger partial charge >= 0.3 is 0 Å². The van der Waals surface area contributed by atoms with E-state index in [9.17, 15) is 4.79 Å². The molecule has 0 spiro atoms. The second-order valence-electron chi connectivity index (χ2n) is 4.02. The fourth-order valence-electron chi connectivity index (χ4n) is 1.51. The van der Waals surface area contributed by atoms with Crippen molar-refractivity contribution in [3.05, 3.63) is 28.2 Å². The molecular formula is C13H16BrN3O. The highest BCUT2D eigenvalue weighted by Gasteiger charge is 2.17. The number of halogens is 1. The summed E-state index contributed by atoms with van der Waals surface area (Å²) in [7, 11) is 1.76. The molecule has 0 aliphatic carbocycles. The number of rotatable bonds is 4. The smallest absolute Gasteiger partial charge is 0.244 e. The number of nitrogens with zero attached hydrogens (tertiary/aromatic N) is 2. The molecule has 0 heterocycles. The maximum Gasteiger partial charge on any atom is 0.244 e. The molecule has 1 rings (SSSR count). The Hall–Kier alpha value is -1.54. The minimum Gasteiger partial charge on any atom is -0.373 e. The third-order valence-corrected chi connectivity index (χ3v) is 3.19. The van der Waals surface area contributed by atoms with Crippen LogP contribution in [0, 0.1) is 11.3 Å². The zero-order chi connectivity index (χ0) is 13.7. The van der Waals surface area contributed by atoms with Gasteiger partial charge in [-0.05, 0) is 32.0 Å². The standard InChI is InChI=1S/C13H16BrN3O/c1-4-17(3)13(18)9(2)16-12-7-11(14)6-5-10(12)8-15/h5-7,9,16H,4H2,1-3H3. The van der Waals surface area contributed by atoms with Crippen LogP contribution < -0.4 is 5.32 Å². The van der Waals surface area contributed by atoms with Crippen molar-refractivity contribution in [2.24, 2.45) is 0 Å². The zero-order valence-electron chi connectivity index (χ0n) is 10.7. The van der Waals surface area contributed by atoms with Gasteiger partial charge in [-0.1, -0.05) is 15.9 Å². The molecule has 18 heavy (non-hydrogen) atoms. The molecule has 1 unspecified atom stereocenters. The van der Waals surface area contributed by atoms with E-state index in [1.54, 1.807) is 37.1 Å². The minimum absolute atomic E-state index is 0.00126. The molecule has 0 aliphatic heterocycles. The third-order valence-electron chi connectivity index (χ3n) is 2.70. The fourth-order valence-corrected chi connectivity index (χ4v) is 1.88. The van der Waals surface area contributed by atoms with Gasteiger partial charge in [0.25, 0.3) is 0 Å². The summed E-state index contributed by atoms with van der Waals surface area (Å²) >= 11 is 3.35. The summed E-state index contributed by atoms with van der Waals surface area (Å²) in [5.74, 6) is 0.00126. The van der Waals surface area contributed by atoms with Crippen molar-refractivity contribution in [1.29, 1.82) is 5.26 Å². The van der Waals surface area contributed by atoms with Crippen LogP contribution in [0.5, 0.6) is 0 Å². The van der Waals surface area contributed by atoms with Crippen molar-refractivity contribution in [3.63, 3.8) is 0 Å². The monoisotopic (exact) mass is 309 g/mol. The van der Waals surface area contributed by atoms with Gasteiger partial charge in [0, 0.05) is 18.1 Å². The van der Waals surface area contributed by atoms with Crippen LogP contribution in [0.3, 0.4) is 0 Å². The molecule has 0 fully saturated rings. The maximum atomic E-state index is 11.9. The summed E-state index contributed by atoms with van der Waals surface area (Å²) in [5.41, 5.74) is 1.19. The fraction of sp³-hybridized carbons (Fsp3) is 0.385. The number of anilines is 1. The van der Waals surface area contributed by atoms with Crippen LogP contribution in [0.15, 0.2) is 22.7 Å². The first-order valence-corrected chi connectivity index (χ1v) is 6.50. The SMILES string of the molecule is CCN(C)C(=O)C(C)Nc1cc(Br)ccc1C#N. The van der Waals surface area contributed by atoms with Gasteiger partial charge in [-0.2, -0.15) is 5.26 Å². The lowest BCUT2D eigenvalue weighted by molar-refractivity contribution is -0.130. The molecule has 1 aromatic carbocycles. The minimum atomic E-state index is -0.364. The van der Waals surface area contributed by atoms with Crippen molar-refractivity contribution in [1.82, 2.24) is 4.90 Å². The van der Waals surface area contributed by atoms with Crippen molar-refractivity contribution < 1.29 is 4.79 Å². The van der Waals surface area contributed by atoms with E-state index >= 15 is 0 Å². The Morgan fingerprint density at radius 2 is 2.28 bits per heavy atom. The van der Waals surface area contributed by atoms with Crippen LogP contribution in [0.2, 0.25) is 0 Å². The highest BCUT2D eigenvalue weighted by molar-refractivity contribution is 9.10. The molecule has 0 bridgehead atoms. The Balaban J connectivity index is 2.88. The zero-order valence-corrected chi connectivity index (χ0v) is 12.3. The predicted molar refractivity (Wildman–Crippen MR) is 75.3 cm³/mol. The van der Waals surface area contributed by atoms with E-state index < -0.39 is 0 Å². The Kier molecular flexibility index (Phi) is 5.17. The second-order valence-corrected chi connectivity index (χ2v) is 4.94. The largest absolute Gasteiger partial charge is 0.373 e. The van der Waals surface area contributed by atoms with Gasteiger partial charge in [-0.25, -0.2) is 0 Å². The molecule has 1 N–H and O–H groups in total. The summed E-state index contributed by atoms with van der Waals surface area (Å²) in [6.45, 7) is 4.37. The topological polar surface area (TPSA) is 56.1 Å². The summed E-state index contributed by atoms with van der Waals surface area (Å²) in [6.07, 6.45) is 0. The first-order valence-electron chi connectivity index (χ1n) is 5.70. The number of carbonyl (C=O) groups excluding carboxylic acids is 1. The maximum absolute atomic E-state index is 11.9. The number of hydrogen-bond acceptors (Lipinski definition) is 3. The number of hydrogen-bond donors (Lipinski definition) is 1. The quantitative estimate of drug-likeness (QED) is 0.930. The van der Waals surface area contributed by atoms with Crippen molar-refractivity contribution >= 4 is 27.5 Å². The molecule has 4 nitrogen and oxygen atoms in total. The van der Waals surface area contributed by atoms with Crippen LogP contribution in [-0.2, 0) is 4.79 Å². The molecule has 1 aromatic rings. The Morgan fingerprint density at radius 3 is 2.83 bits per heavy atom. The Morgan fingerprint density at radius 1 is 1.61 bits per heavy atom. The average Bonchev–Trinajstić information content (AvgIpc) is 2.37. The summed E-state index contributed by atoms with van der Waals surface area (Å²) < 4.78 is 0.868. The van der Waals surface area contributed by atoms with E-state index in [2.05, 4.69) is 27.3 Å². The van der Waals surface area contributed by atoms with Crippen LogP contribution in [0.25, 0.3) is 0 Å². The first-order chi connectivity index (χ1) is 8.49. The third kappa shape index (κ3) is 3.47. The van der Waals surface area contributed by atoms with Crippen molar-refractivity contribution in [2.45, 2.75) is 19.9 Å². The molecule has 1 amide bonds. The van der Waals surface area contributed by atoms with Gasteiger partial charge in [-0.15, -0.1) is 0 Å². The van der Waals surface area contributed by atoms with Gasteiger partial charge in [0.1, 0.15) is 12.1 Å². The first kappa shape index (κ1) is 14.5. The Labute approximate surface area is 116 Å². The number of likely N-dealkylation sites (N-methyl/N-ethyl adjacent to an activating group) is 1.